The first-order valence-corrected chi connectivity index (χ1v) is 10.2. The molecule has 6 heteroatoms. The normalized spacial score (nSPS) is 54.3. The van der Waals surface area contributed by atoms with E-state index in [0.29, 0.717) is 43.5 Å². The van der Waals surface area contributed by atoms with Gasteiger partial charge in [-0.05, 0) is 50.9 Å². The molecule has 2 aliphatic heterocycles. The minimum absolute atomic E-state index is 0.0621. The monoisotopic (exact) mass is 368 g/mol. The van der Waals surface area contributed by atoms with Gasteiger partial charge >= 0.3 is 0 Å². The Kier molecular flexibility index (Phi) is 4.38. The molecule has 0 unspecified atom stereocenters. The third-order valence-electron chi connectivity index (χ3n) is 7.86. The number of hydrogen-bond acceptors (Lipinski definition) is 6. The minimum Gasteiger partial charge on any atom is -0.363 e. The lowest BCUT2D eigenvalue weighted by molar-refractivity contribution is -0.185. The van der Waals surface area contributed by atoms with Crippen LogP contribution >= 0.6 is 0 Å². The Morgan fingerprint density at radius 2 is 1.69 bits per heavy atom. The van der Waals surface area contributed by atoms with Crippen LogP contribution in [0.15, 0.2) is 0 Å². The third-order valence-corrected chi connectivity index (χ3v) is 7.86. The van der Waals surface area contributed by atoms with Crippen LogP contribution in [0.25, 0.3) is 0 Å². The zero-order valence-electron chi connectivity index (χ0n) is 16.1. The number of ether oxygens (including phenoxy) is 6. The zero-order valence-corrected chi connectivity index (χ0v) is 16.1. The van der Waals surface area contributed by atoms with E-state index in [4.69, 9.17) is 28.4 Å². The van der Waals surface area contributed by atoms with E-state index < -0.39 is 0 Å². The molecule has 5 rings (SSSR count). The molecule has 9 atom stereocenters. The molecule has 26 heavy (non-hydrogen) atoms. The standard InChI is InChI=1S/C20H32O6/c1-19-15(25-19)8-13-9-20(19)16(26-20)7-12-5-4-6-14(23-10-21-2)17(12)18(13)24-11-22-3/h12-18H,4-11H2,1-3H3/t12-,13-,14-,15-,16+,17-,18+,19-,20+/m0/s1. The molecule has 1 spiro atoms. The van der Waals surface area contributed by atoms with E-state index in [-0.39, 0.29) is 23.4 Å². The molecule has 3 saturated carbocycles. The van der Waals surface area contributed by atoms with Crippen LogP contribution in [0.4, 0.5) is 0 Å². The van der Waals surface area contributed by atoms with Crippen molar-refractivity contribution in [3.8, 4) is 0 Å². The van der Waals surface area contributed by atoms with Crippen LogP contribution in [0.5, 0.6) is 0 Å². The molecular weight excluding hydrogens is 336 g/mol. The van der Waals surface area contributed by atoms with Gasteiger partial charge in [0.15, 0.2) is 0 Å². The molecule has 0 aromatic carbocycles. The van der Waals surface area contributed by atoms with Gasteiger partial charge in [0.05, 0.1) is 24.4 Å². The number of rotatable bonds is 6. The number of methoxy groups -OCH3 is 2. The van der Waals surface area contributed by atoms with E-state index >= 15 is 0 Å². The van der Waals surface area contributed by atoms with Crippen molar-refractivity contribution in [3.05, 3.63) is 0 Å². The molecule has 2 saturated heterocycles. The maximum absolute atomic E-state index is 6.39. The highest BCUT2D eigenvalue weighted by atomic mass is 16.7. The van der Waals surface area contributed by atoms with Gasteiger partial charge in [0.2, 0.25) is 0 Å². The average Bonchev–Trinajstić information content (AvgIpc) is 3.50. The molecular formula is C20H32O6. The van der Waals surface area contributed by atoms with Crippen LogP contribution in [-0.4, -0.2) is 63.4 Å². The first-order valence-electron chi connectivity index (χ1n) is 10.2. The molecule has 0 amide bonds. The third kappa shape index (κ3) is 2.53. The van der Waals surface area contributed by atoms with Gasteiger partial charge in [0.1, 0.15) is 24.8 Å². The maximum atomic E-state index is 6.39. The first-order chi connectivity index (χ1) is 12.6. The maximum Gasteiger partial charge on any atom is 0.146 e. The van der Waals surface area contributed by atoms with E-state index in [1.165, 1.54) is 12.8 Å². The highest BCUT2D eigenvalue weighted by Crippen LogP contribution is 2.68. The number of hydrogen-bond donors (Lipinski definition) is 0. The Bertz CT molecular complexity index is 542. The summed E-state index contributed by atoms with van der Waals surface area (Å²) in [5, 5.41) is 0. The van der Waals surface area contributed by atoms with Crippen molar-refractivity contribution < 1.29 is 28.4 Å². The SMILES string of the molecule is COCO[C@@H]1[C@H]2C[C@@H]3O[C@]3(C)[C@]3(C2)O[C@@H]3C[C@@H]2CCC[C@H](OCOC)[C@H]21. The van der Waals surface area contributed by atoms with Crippen molar-refractivity contribution in [1.29, 1.82) is 0 Å². The fourth-order valence-corrected chi connectivity index (χ4v) is 6.54. The summed E-state index contributed by atoms with van der Waals surface area (Å²) in [5.74, 6) is 1.39. The van der Waals surface area contributed by atoms with Crippen molar-refractivity contribution in [3.63, 3.8) is 0 Å². The quantitative estimate of drug-likeness (QED) is 0.530. The average molecular weight is 368 g/mol. The second-order valence-electron chi connectivity index (χ2n) is 9.06. The van der Waals surface area contributed by atoms with E-state index in [1.54, 1.807) is 14.2 Å². The van der Waals surface area contributed by atoms with Crippen molar-refractivity contribution in [1.82, 2.24) is 0 Å². The molecule has 2 heterocycles. The fraction of sp³-hybridized carbons (Fsp3) is 1.00. The van der Waals surface area contributed by atoms with Gasteiger partial charge in [-0.3, -0.25) is 0 Å². The molecule has 6 nitrogen and oxygen atoms in total. The molecule has 0 N–H and O–H groups in total. The van der Waals surface area contributed by atoms with E-state index in [2.05, 4.69) is 6.92 Å². The molecule has 0 aromatic rings. The minimum atomic E-state index is -0.0689. The van der Waals surface area contributed by atoms with Gasteiger partial charge in [-0.2, -0.15) is 0 Å². The summed E-state index contributed by atoms with van der Waals surface area (Å²) in [6.07, 6.45) is 7.70. The zero-order chi connectivity index (χ0) is 17.9. The van der Waals surface area contributed by atoms with E-state index in [1.807, 2.05) is 0 Å². The molecule has 148 valence electrons. The van der Waals surface area contributed by atoms with Crippen molar-refractivity contribution in [2.75, 3.05) is 27.8 Å². The summed E-state index contributed by atoms with van der Waals surface area (Å²) < 4.78 is 35.5. The Hall–Kier alpha value is -0.240. The number of epoxide rings is 2. The Morgan fingerprint density at radius 3 is 2.50 bits per heavy atom. The largest absolute Gasteiger partial charge is 0.363 e. The fourth-order valence-electron chi connectivity index (χ4n) is 6.54. The van der Waals surface area contributed by atoms with Crippen LogP contribution in [0.2, 0.25) is 0 Å². The molecule has 0 radical (unpaired) electrons. The molecule has 3 aliphatic carbocycles. The van der Waals surface area contributed by atoms with E-state index in [9.17, 15) is 0 Å². The Morgan fingerprint density at radius 1 is 0.923 bits per heavy atom. The molecule has 0 aromatic heterocycles. The molecule has 5 fully saturated rings. The summed E-state index contributed by atoms with van der Waals surface area (Å²) in [6, 6.07) is 0. The van der Waals surface area contributed by atoms with Gasteiger partial charge in [0.25, 0.3) is 0 Å². The van der Waals surface area contributed by atoms with Crippen molar-refractivity contribution in [2.24, 2.45) is 17.8 Å². The topological polar surface area (TPSA) is 62.0 Å². The lowest BCUT2D eigenvalue weighted by atomic mass is 9.61. The highest BCUT2D eigenvalue weighted by molar-refractivity contribution is 5.28. The van der Waals surface area contributed by atoms with Crippen LogP contribution in [-0.2, 0) is 28.4 Å². The van der Waals surface area contributed by atoms with Crippen LogP contribution in [0, 0.1) is 17.8 Å². The molecule has 2 bridgehead atoms. The second-order valence-corrected chi connectivity index (χ2v) is 9.06. The summed E-state index contributed by atoms with van der Waals surface area (Å²) in [4.78, 5) is 0. The van der Waals surface area contributed by atoms with Gasteiger partial charge in [0, 0.05) is 20.1 Å². The van der Waals surface area contributed by atoms with Crippen LogP contribution in [0.1, 0.15) is 45.4 Å². The summed E-state index contributed by atoms with van der Waals surface area (Å²) >= 11 is 0. The van der Waals surface area contributed by atoms with Gasteiger partial charge in [-0.25, -0.2) is 0 Å². The van der Waals surface area contributed by atoms with E-state index in [0.717, 1.165) is 25.7 Å². The predicted octanol–water partition coefficient (Wildman–Crippen LogP) is 2.49. The van der Waals surface area contributed by atoms with Crippen molar-refractivity contribution in [2.45, 2.75) is 81.1 Å². The Balaban J connectivity index is 1.45. The van der Waals surface area contributed by atoms with Gasteiger partial charge < -0.3 is 28.4 Å². The lowest BCUT2D eigenvalue weighted by Crippen LogP contribution is -2.53. The smallest absolute Gasteiger partial charge is 0.146 e. The van der Waals surface area contributed by atoms with Crippen LogP contribution < -0.4 is 0 Å². The highest BCUT2D eigenvalue weighted by Gasteiger charge is 2.81. The summed E-state index contributed by atoms with van der Waals surface area (Å²) in [5.41, 5.74) is -0.131. The summed E-state index contributed by atoms with van der Waals surface area (Å²) in [7, 11) is 3.39. The van der Waals surface area contributed by atoms with Gasteiger partial charge in [-0.15, -0.1) is 0 Å². The predicted molar refractivity (Wildman–Crippen MR) is 92.6 cm³/mol. The Labute approximate surface area is 155 Å². The molecule has 5 aliphatic rings. The lowest BCUT2D eigenvalue weighted by Gasteiger charge is -2.47. The number of fused-ring (bicyclic) bond motifs is 3. The van der Waals surface area contributed by atoms with Gasteiger partial charge in [-0.1, -0.05) is 6.42 Å². The van der Waals surface area contributed by atoms with Crippen molar-refractivity contribution >= 4 is 0 Å². The second kappa shape index (κ2) is 6.39. The van der Waals surface area contributed by atoms with Crippen LogP contribution in [0.3, 0.4) is 0 Å². The first kappa shape index (κ1) is 17.8. The summed E-state index contributed by atoms with van der Waals surface area (Å²) in [6.45, 7) is 2.94.